The number of aromatic nitrogens is 4. The van der Waals surface area contributed by atoms with E-state index in [2.05, 4.69) is 15.0 Å². The number of imidazole rings is 1. The second-order valence-electron chi connectivity index (χ2n) is 4.76. The van der Waals surface area contributed by atoms with Crippen LogP contribution in [0.2, 0.25) is 0 Å². The molecule has 4 N–H and O–H groups in total. The predicted molar refractivity (Wildman–Crippen MR) is 72.3 cm³/mol. The Morgan fingerprint density at radius 1 is 1.41 bits per heavy atom. The molecule has 0 saturated carbocycles. The Hall–Kier alpha value is -2.30. The van der Waals surface area contributed by atoms with Gasteiger partial charge >= 0.3 is 5.97 Å². The number of nitrogens with zero attached hydrogens (tertiary/aromatic N) is 4. The second kappa shape index (κ2) is 5.48. The molecule has 4 atom stereocenters. The molecule has 2 aromatic rings. The highest BCUT2D eigenvalue weighted by atomic mass is 16.6. The first-order valence-corrected chi connectivity index (χ1v) is 6.65. The quantitative estimate of drug-likeness (QED) is 0.582. The van der Waals surface area contributed by atoms with Crippen LogP contribution in [0.3, 0.4) is 0 Å². The van der Waals surface area contributed by atoms with Crippen LogP contribution in [0.1, 0.15) is 13.2 Å². The number of nitrogen functional groups attached to an aromatic ring is 1. The normalized spacial score (nSPS) is 28.1. The average Bonchev–Trinajstić information content (AvgIpc) is 3.03. The largest absolute Gasteiger partial charge is 0.464 e. The summed E-state index contributed by atoms with van der Waals surface area (Å²) in [5, 5.41) is 20.1. The Kier molecular flexibility index (Phi) is 3.64. The number of ether oxygens (including phenoxy) is 2. The third-order valence-corrected chi connectivity index (χ3v) is 3.42. The van der Waals surface area contributed by atoms with Crippen LogP contribution in [0.4, 0.5) is 5.82 Å². The number of hydrogen-bond acceptors (Lipinski definition) is 9. The minimum Gasteiger partial charge on any atom is -0.464 e. The summed E-state index contributed by atoms with van der Waals surface area (Å²) >= 11 is 0. The van der Waals surface area contributed by atoms with Crippen molar-refractivity contribution in [2.45, 2.75) is 31.5 Å². The zero-order valence-corrected chi connectivity index (χ0v) is 11.7. The molecule has 1 aliphatic rings. The van der Waals surface area contributed by atoms with E-state index in [1.165, 1.54) is 17.2 Å². The molecule has 1 saturated heterocycles. The summed E-state index contributed by atoms with van der Waals surface area (Å²) in [5.74, 6) is -0.561. The Labute approximate surface area is 124 Å². The van der Waals surface area contributed by atoms with Crippen LogP contribution in [0.5, 0.6) is 0 Å². The van der Waals surface area contributed by atoms with Crippen LogP contribution in [0.25, 0.3) is 11.2 Å². The molecule has 10 heteroatoms. The maximum absolute atomic E-state index is 11.7. The van der Waals surface area contributed by atoms with Crippen molar-refractivity contribution in [3.63, 3.8) is 0 Å². The lowest BCUT2D eigenvalue weighted by molar-refractivity contribution is -0.161. The maximum atomic E-state index is 11.7. The van der Waals surface area contributed by atoms with E-state index in [9.17, 15) is 15.0 Å². The van der Waals surface area contributed by atoms with Gasteiger partial charge in [0, 0.05) is 0 Å². The first kappa shape index (κ1) is 14.6. The standard InChI is InChI=1S/C12H15N5O5/c1-2-21-12(20)8-6(18)7(19)11(22-8)17-4-16-5-9(13)14-3-15-10(5)17/h3-4,6-8,11,18-19H,2H2,1H3,(H2,13,14,15)/t6-,7-,8-,11-/m0/s1. The van der Waals surface area contributed by atoms with Gasteiger partial charge in [0.25, 0.3) is 0 Å². The van der Waals surface area contributed by atoms with Gasteiger partial charge in [-0.15, -0.1) is 0 Å². The molecule has 0 aliphatic carbocycles. The molecule has 1 fully saturated rings. The van der Waals surface area contributed by atoms with E-state index < -0.39 is 30.5 Å². The van der Waals surface area contributed by atoms with Crippen LogP contribution in [0.15, 0.2) is 12.7 Å². The summed E-state index contributed by atoms with van der Waals surface area (Å²) in [6.07, 6.45) is -2.48. The molecule has 2 aromatic heterocycles. The van der Waals surface area contributed by atoms with E-state index in [-0.39, 0.29) is 12.4 Å². The van der Waals surface area contributed by atoms with Crippen molar-refractivity contribution in [1.82, 2.24) is 19.5 Å². The lowest BCUT2D eigenvalue weighted by Crippen LogP contribution is -2.37. The molecule has 0 unspecified atom stereocenters. The molecular weight excluding hydrogens is 294 g/mol. The zero-order valence-electron chi connectivity index (χ0n) is 11.7. The first-order valence-electron chi connectivity index (χ1n) is 6.65. The number of esters is 1. The number of aliphatic hydroxyl groups excluding tert-OH is 2. The lowest BCUT2D eigenvalue weighted by atomic mass is 10.1. The van der Waals surface area contributed by atoms with Crippen LogP contribution >= 0.6 is 0 Å². The van der Waals surface area contributed by atoms with Crippen molar-refractivity contribution < 1.29 is 24.5 Å². The molecule has 22 heavy (non-hydrogen) atoms. The van der Waals surface area contributed by atoms with Crippen molar-refractivity contribution >= 4 is 23.0 Å². The number of hydrogen-bond donors (Lipinski definition) is 3. The van der Waals surface area contributed by atoms with Crippen LogP contribution < -0.4 is 5.73 Å². The van der Waals surface area contributed by atoms with E-state index in [0.29, 0.717) is 11.2 Å². The van der Waals surface area contributed by atoms with E-state index in [0.717, 1.165) is 0 Å². The van der Waals surface area contributed by atoms with Gasteiger partial charge in [0.15, 0.2) is 23.8 Å². The number of anilines is 1. The molecule has 3 rings (SSSR count). The highest BCUT2D eigenvalue weighted by Gasteiger charge is 2.48. The fraction of sp³-hybridized carbons (Fsp3) is 0.500. The summed E-state index contributed by atoms with van der Waals surface area (Å²) < 4.78 is 11.6. The van der Waals surface area contributed by atoms with Gasteiger partial charge in [-0.25, -0.2) is 19.7 Å². The summed E-state index contributed by atoms with van der Waals surface area (Å²) in [4.78, 5) is 23.6. The number of carbonyl (C=O) groups excluding carboxylic acids is 1. The van der Waals surface area contributed by atoms with E-state index in [1.54, 1.807) is 6.92 Å². The van der Waals surface area contributed by atoms with Gasteiger partial charge in [-0.1, -0.05) is 0 Å². The predicted octanol–water partition coefficient (Wildman–Crippen LogP) is -1.41. The van der Waals surface area contributed by atoms with Crippen LogP contribution in [0, 0.1) is 0 Å². The lowest BCUT2D eigenvalue weighted by Gasteiger charge is -2.16. The smallest absolute Gasteiger partial charge is 0.338 e. The average molecular weight is 309 g/mol. The molecule has 1 aliphatic heterocycles. The minimum atomic E-state index is -1.42. The Morgan fingerprint density at radius 2 is 2.18 bits per heavy atom. The van der Waals surface area contributed by atoms with Gasteiger partial charge in [-0.05, 0) is 6.92 Å². The van der Waals surface area contributed by atoms with Gasteiger partial charge in [-0.2, -0.15) is 0 Å². The number of aliphatic hydroxyl groups is 2. The summed E-state index contributed by atoms with van der Waals surface area (Å²) in [5.41, 5.74) is 6.36. The SMILES string of the molecule is CCOC(=O)[C@H]1O[C@H](n2cnc3c(N)ncnc32)[C@@H](O)[C@@H]1O. The molecule has 0 bridgehead atoms. The fourth-order valence-electron chi connectivity index (χ4n) is 2.36. The van der Waals surface area contributed by atoms with E-state index >= 15 is 0 Å². The van der Waals surface area contributed by atoms with Crippen LogP contribution in [-0.2, 0) is 14.3 Å². The molecule has 0 radical (unpaired) electrons. The number of fused-ring (bicyclic) bond motifs is 1. The van der Waals surface area contributed by atoms with Gasteiger partial charge in [0.2, 0.25) is 0 Å². The molecule has 3 heterocycles. The molecule has 0 aromatic carbocycles. The summed E-state index contributed by atoms with van der Waals surface area (Å²) in [7, 11) is 0. The molecule has 10 nitrogen and oxygen atoms in total. The fourth-order valence-corrected chi connectivity index (χ4v) is 2.36. The molecular formula is C12H15N5O5. The third kappa shape index (κ3) is 2.17. The van der Waals surface area contributed by atoms with Crippen molar-refractivity contribution in [2.24, 2.45) is 0 Å². The monoisotopic (exact) mass is 309 g/mol. The maximum Gasteiger partial charge on any atom is 0.338 e. The molecule has 118 valence electrons. The van der Waals surface area contributed by atoms with Crippen molar-refractivity contribution in [3.8, 4) is 0 Å². The Bertz CT molecular complexity index is 704. The topological polar surface area (TPSA) is 146 Å². The minimum absolute atomic E-state index is 0.143. The van der Waals surface area contributed by atoms with E-state index in [4.69, 9.17) is 15.2 Å². The Balaban J connectivity index is 1.94. The highest BCUT2D eigenvalue weighted by molar-refractivity contribution is 5.81. The van der Waals surface area contributed by atoms with Gasteiger partial charge in [0.05, 0.1) is 12.9 Å². The van der Waals surface area contributed by atoms with Gasteiger partial charge in [0.1, 0.15) is 24.1 Å². The Morgan fingerprint density at radius 3 is 2.91 bits per heavy atom. The zero-order chi connectivity index (χ0) is 15.9. The van der Waals surface area contributed by atoms with Crippen molar-refractivity contribution in [2.75, 3.05) is 12.3 Å². The second-order valence-corrected chi connectivity index (χ2v) is 4.76. The van der Waals surface area contributed by atoms with Gasteiger partial charge in [-0.3, -0.25) is 4.57 Å². The number of nitrogens with two attached hydrogens (primary N) is 1. The molecule has 0 amide bonds. The third-order valence-electron chi connectivity index (χ3n) is 3.42. The number of rotatable bonds is 3. The molecule has 0 spiro atoms. The van der Waals surface area contributed by atoms with Crippen molar-refractivity contribution in [3.05, 3.63) is 12.7 Å². The highest BCUT2D eigenvalue weighted by Crippen LogP contribution is 2.32. The summed E-state index contributed by atoms with van der Waals surface area (Å²) in [6.45, 7) is 1.78. The first-order chi connectivity index (χ1) is 10.5. The van der Waals surface area contributed by atoms with Crippen molar-refractivity contribution in [1.29, 1.82) is 0 Å². The van der Waals surface area contributed by atoms with Gasteiger partial charge < -0.3 is 25.4 Å². The van der Waals surface area contributed by atoms with Crippen LogP contribution in [-0.4, -0.2) is 60.6 Å². The van der Waals surface area contributed by atoms with E-state index in [1.807, 2.05) is 0 Å². The summed E-state index contributed by atoms with van der Waals surface area (Å²) in [6, 6.07) is 0. The number of carbonyl (C=O) groups is 1.